The standard InChI is InChI=1S/C22H21N3O4S/c1-4-30(27,28)16-6-8-21(29-3)19(10-16)20-13-25(2)22(26)17-7-5-14(9-18(17)20)15-11-23-24-12-15/h5-13H,4H2,1-3H3,(H,23,24). The van der Waals surface area contributed by atoms with Crippen molar-refractivity contribution in [3.05, 3.63) is 65.3 Å². The molecule has 0 aliphatic carbocycles. The van der Waals surface area contributed by atoms with Crippen LogP contribution in [-0.2, 0) is 16.9 Å². The summed E-state index contributed by atoms with van der Waals surface area (Å²) in [7, 11) is -0.195. The first kappa shape index (κ1) is 19.9. The van der Waals surface area contributed by atoms with Crippen LogP contribution in [0.5, 0.6) is 5.75 Å². The van der Waals surface area contributed by atoms with Crippen LogP contribution in [0.1, 0.15) is 6.92 Å². The monoisotopic (exact) mass is 423 g/mol. The van der Waals surface area contributed by atoms with Crippen LogP contribution in [-0.4, -0.2) is 36.0 Å². The molecular formula is C22H21N3O4S. The van der Waals surface area contributed by atoms with Crippen LogP contribution >= 0.6 is 0 Å². The minimum atomic E-state index is -3.41. The number of aromatic amines is 1. The van der Waals surface area contributed by atoms with Crippen LogP contribution < -0.4 is 10.3 Å². The van der Waals surface area contributed by atoms with Gasteiger partial charge in [0.15, 0.2) is 9.84 Å². The van der Waals surface area contributed by atoms with Gasteiger partial charge in [-0.3, -0.25) is 9.89 Å². The van der Waals surface area contributed by atoms with Gasteiger partial charge in [0.25, 0.3) is 5.56 Å². The summed E-state index contributed by atoms with van der Waals surface area (Å²) in [5.41, 5.74) is 2.96. The smallest absolute Gasteiger partial charge is 0.258 e. The summed E-state index contributed by atoms with van der Waals surface area (Å²) in [4.78, 5) is 13.0. The third-order valence-electron chi connectivity index (χ3n) is 5.22. The zero-order chi connectivity index (χ0) is 21.5. The molecule has 0 spiro atoms. The molecule has 0 bridgehead atoms. The topological polar surface area (TPSA) is 94.1 Å². The summed E-state index contributed by atoms with van der Waals surface area (Å²) in [6, 6.07) is 10.4. The Balaban J connectivity index is 2.07. The molecule has 0 atom stereocenters. The fourth-order valence-electron chi connectivity index (χ4n) is 3.53. The molecule has 1 N–H and O–H groups in total. The number of nitrogens with zero attached hydrogens (tertiary/aromatic N) is 2. The number of methoxy groups -OCH3 is 1. The summed E-state index contributed by atoms with van der Waals surface area (Å²) in [6.45, 7) is 1.61. The van der Waals surface area contributed by atoms with E-state index >= 15 is 0 Å². The maximum atomic E-state index is 12.8. The normalized spacial score (nSPS) is 11.7. The van der Waals surface area contributed by atoms with Gasteiger partial charge in [0.1, 0.15) is 5.75 Å². The van der Waals surface area contributed by atoms with E-state index in [1.54, 1.807) is 56.8 Å². The summed E-state index contributed by atoms with van der Waals surface area (Å²) >= 11 is 0. The Morgan fingerprint density at radius 3 is 2.53 bits per heavy atom. The molecule has 154 valence electrons. The molecule has 4 rings (SSSR count). The second-order valence-corrected chi connectivity index (χ2v) is 9.25. The quantitative estimate of drug-likeness (QED) is 0.531. The predicted molar refractivity (Wildman–Crippen MR) is 116 cm³/mol. The van der Waals surface area contributed by atoms with Gasteiger partial charge in [0.2, 0.25) is 0 Å². The number of rotatable bonds is 5. The Labute approximate surface area is 173 Å². The number of hydrogen-bond acceptors (Lipinski definition) is 5. The summed E-state index contributed by atoms with van der Waals surface area (Å²) in [5, 5.41) is 8.02. The fourth-order valence-corrected chi connectivity index (χ4v) is 4.43. The SMILES string of the molecule is CCS(=O)(=O)c1ccc(OC)c(-c2cn(C)c(=O)c3ccc(-c4cn[nH]c4)cc23)c1. The van der Waals surface area contributed by atoms with Gasteiger partial charge in [0.05, 0.1) is 24.0 Å². The van der Waals surface area contributed by atoms with E-state index < -0.39 is 9.84 Å². The first-order valence-electron chi connectivity index (χ1n) is 9.39. The van der Waals surface area contributed by atoms with Crippen molar-refractivity contribution in [3.63, 3.8) is 0 Å². The number of aromatic nitrogens is 3. The van der Waals surface area contributed by atoms with Crippen LogP contribution in [0.2, 0.25) is 0 Å². The van der Waals surface area contributed by atoms with Crippen LogP contribution in [0.15, 0.2) is 64.7 Å². The number of pyridine rings is 1. The zero-order valence-electron chi connectivity index (χ0n) is 16.8. The van der Waals surface area contributed by atoms with E-state index in [2.05, 4.69) is 10.2 Å². The Bertz CT molecular complexity index is 1400. The number of aryl methyl sites for hydroxylation is 1. The highest BCUT2D eigenvalue weighted by atomic mass is 32.2. The van der Waals surface area contributed by atoms with E-state index in [0.717, 1.165) is 11.1 Å². The van der Waals surface area contributed by atoms with Gasteiger partial charge >= 0.3 is 0 Å². The lowest BCUT2D eigenvalue weighted by Crippen LogP contribution is -2.16. The van der Waals surface area contributed by atoms with Gasteiger partial charge in [-0.25, -0.2) is 8.42 Å². The molecule has 2 aromatic heterocycles. The lowest BCUT2D eigenvalue weighted by Gasteiger charge is -2.15. The molecule has 7 nitrogen and oxygen atoms in total. The molecule has 30 heavy (non-hydrogen) atoms. The van der Waals surface area contributed by atoms with Crippen molar-refractivity contribution in [3.8, 4) is 28.0 Å². The first-order chi connectivity index (χ1) is 14.4. The molecule has 0 amide bonds. The second-order valence-electron chi connectivity index (χ2n) is 6.97. The molecular weight excluding hydrogens is 402 g/mol. The van der Waals surface area contributed by atoms with E-state index in [0.29, 0.717) is 27.6 Å². The average Bonchev–Trinajstić information content (AvgIpc) is 3.30. The van der Waals surface area contributed by atoms with Gasteiger partial charge in [-0.15, -0.1) is 0 Å². The number of benzene rings is 2. The number of nitrogens with one attached hydrogen (secondary N) is 1. The van der Waals surface area contributed by atoms with Crippen molar-refractivity contribution in [1.29, 1.82) is 0 Å². The van der Waals surface area contributed by atoms with Gasteiger partial charge in [-0.05, 0) is 41.3 Å². The Kier molecular flexibility index (Phi) is 4.95. The van der Waals surface area contributed by atoms with Crippen LogP contribution in [0, 0.1) is 0 Å². The van der Waals surface area contributed by atoms with Crippen molar-refractivity contribution in [1.82, 2.24) is 14.8 Å². The lowest BCUT2D eigenvalue weighted by atomic mass is 9.97. The van der Waals surface area contributed by atoms with Crippen molar-refractivity contribution >= 4 is 20.6 Å². The predicted octanol–water partition coefficient (Wildman–Crippen LogP) is 3.40. The van der Waals surface area contributed by atoms with Gasteiger partial charge in [-0.2, -0.15) is 5.10 Å². The second kappa shape index (κ2) is 7.46. The van der Waals surface area contributed by atoms with Gasteiger partial charge in [-0.1, -0.05) is 13.0 Å². The Morgan fingerprint density at radius 1 is 1.07 bits per heavy atom. The van der Waals surface area contributed by atoms with E-state index in [1.165, 1.54) is 11.7 Å². The largest absolute Gasteiger partial charge is 0.496 e. The number of H-pyrrole nitrogens is 1. The number of ether oxygens (including phenoxy) is 1. The molecule has 0 saturated heterocycles. The minimum absolute atomic E-state index is 0.00255. The molecule has 0 aliphatic rings. The number of hydrogen-bond donors (Lipinski definition) is 1. The molecule has 0 radical (unpaired) electrons. The zero-order valence-corrected chi connectivity index (χ0v) is 17.7. The van der Waals surface area contributed by atoms with E-state index in [-0.39, 0.29) is 16.2 Å². The Morgan fingerprint density at radius 2 is 1.87 bits per heavy atom. The van der Waals surface area contributed by atoms with Crippen molar-refractivity contribution in [2.45, 2.75) is 11.8 Å². The van der Waals surface area contributed by atoms with Crippen molar-refractivity contribution < 1.29 is 13.2 Å². The van der Waals surface area contributed by atoms with Crippen molar-refractivity contribution in [2.24, 2.45) is 7.05 Å². The lowest BCUT2D eigenvalue weighted by molar-refractivity contribution is 0.416. The minimum Gasteiger partial charge on any atom is -0.496 e. The summed E-state index contributed by atoms with van der Waals surface area (Å²) in [6.07, 6.45) is 5.19. The number of fused-ring (bicyclic) bond motifs is 1. The fraction of sp³-hybridized carbons (Fsp3) is 0.182. The van der Waals surface area contributed by atoms with E-state index in [4.69, 9.17) is 4.74 Å². The maximum Gasteiger partial charge on any atom is 0.258 e. The molecule has 2 aromatic carbocycles. The van der Waals surface area contributed by atoms with Crippen molar-refractivity contribution in [2.75, 3.05) is 12.9 Å². The van der Waals surface area contributed by atoms with Crippen LogP contribution in [0.25, 0.3) is 33.0 Å². The molecule has 0 aliphatic heterocycles. The summed E-state index contributed by atoms with van der Waals surface area (Å²) in [5.74, 6) is 0.524. The third kappa shape index (κ3) is 3.29. The van der Waals surface area contributed by atoms with Crippen LogP contribution in [0.4, 0.5) is 0 Å². The Hall–Kier alpha value is -3.39. The molecule has 0 fully saturated rings. The molecule has 0 unspecified atom stereocenters. The average molecular weight is 423 g/mol. The molecule has 8 heteroatoms. The molecule has 2 heterocycles. The van der Waals surface area contributed by atoms with E-state index in [1.807, 2.05) is 12.1 Å². The highest BCUT2D eigenvalue weighted by Gasteiger charge is 2.19. The summed E-state index contributed by atoms with van der Waals surface area (Å²) < 4.78 is 32.0. The number of sulfone groups is 1. The first-order valence-corrected chi connectivity index (χ1v) is 11.0. The molecule has 0 saturated carbocycles. The highest BCUT2D eigenvalue weighted by molar-refractivity contribution is 7.91. The molecule has 4 aromatic rings. The van der Waals surface area contributed by atoms with Gasteiger partial charge < -0.3 is 9.30 Å². The van der Waals surface area contributed by atoms with Crippen LogP contribution in [0.3, 0.4) is 0 Å². The van der Waals surface area contributed by atoms with Gasteiger partial charge in [0, 0.05) is 41.5 Å². The maximum absolute atomic E-state index is 12.8. The highest BCUT2D eigenvalue weighted by Crippen LogP contribution is 2.37. The third-order valence-corrected chi connectivity index (χ3v) is 6.95. The van der Waals surface area contributed by atoms with E-state index in [9.17, 15) is 13.2 Å².